The van der Waals surface area contributed by atoms with Gasteiger partial charge in [0.25, 0.3) is 0 Å². The maximum Gasteiger partial charge on any atom is 0.338 e. The van der Waals surface area contributed by atoms with E-state index in [2.05, 4.69) is 11.2 Å². The van der Waals surface area contributed by atoms with Gasteiger partial charge in [0.15, 0.2) is 0 Å². The molecule has 0 N–H and O–H groups in total. The van der Waals surface area contributed by atoms with E-state index in [1.165, 1.54) is 0 Å². The van der Waals surface area contributed by atoms with Crippen LogP contribution in [-0.2, 0) is 4.74 Å². The monoisotopic (exact) mass is 320 g/mol. The first-order chi connectivity index (χ1) is 11.6. The minimum absolute atomic E-state index is 0.301. The summed E-state index contributed by atoms with van der Waals surface area (Å²) in [5, 5.41) is 4.49. The van der Waals surface area contributed by atoms with Crippen molar-refractivity contribution in [3.05, 3.63) is 71.5 Å². The molecular formula is C20H20N2O2. The van der Waals surface area contributed by atoms with E-state index in [0.29, 0.717) is 12.2 Å². The van der Waals surface area contributed by atoms with Crippen molar-refractivity contribution >= 4 is 5.97 Å². The molecule has 4 nitrogen and oxygen atoms in total. The number of rotatable bonds is 4. The highest BCUT2D eigenvalue weighted by atomic mass is 16.5. The molecule has 24 heavy (non-hydrogen) atoms. The molecule has 3 rings (SSSR count). The topological polar surface area (TPSA) is 44.1 Å². The van der Waals surface area contributed by atoms with Crippen molar-refractivity contribution in [1.29, 1.82) is 0 Å². The van der Waals surface area contributed by atoms with Crippen LogP contribution in [0.25, 0.3) is 16.8 Å². The van der Waals surface area contributed by atoms with Gasteiger partial charge in [-0.1, -0.05) is 30.3 Å². The molecule has 0 unspecified atom stereocenters. The van der Waals surface area contributed by atoms with Gasteiger partial charge in [-0.15, -0.1) is 0 Å². The molecule has 0 spiro atoms. The summed E-state index contributed by atoms with van der Waals surface area (Å²) in [7, 11) is 0. The van der Waals surface area contributed by atoms with E-state index in [1.54, 1.807) is 6.07 Å². The third-order valence-electron chi connectivity index (χ3n) is 3.91. The average Bonchev–Trinajstić information content (AvgIpc) is 3.02. The van der Waals surface area contributed by atoms with Gasteiger partial charge in [0.05, 0.1) is 23.6 Å². The fourth-order valence-corrected chi connectivity index (χ4v) is 2.69. The molecule has 0 amide bonds. The van der Waals surface area contributed by atoms with Gasteiger partial charge in [0.2, 0.25) is 0 Å². The molecule has 0 aliphatic rings. The van der Waals surface area contributed by atoms with Gasteiger partial charge >= 0.3 is 5.97 Å². The Hall–Kier alpha value is -2.88. The number of carbonyl (C=O) groups is 1. The van der Waals surface area contributed by atoms with Crippen LogP contribution < -0.4 is 0 Å². The Labute approximate surface area is 141 Å². The molecule has 3 aromatic rings. The molecule has 0 radical (unpaired) electrons. The molecule has 122 valence electrons. The third-order valence-corrected chi connectivity index (χ3v) is 3.91. The number of hydrogen-bond acceptors (Lipinski definition) is 3. The number of aryl methyl sites for hydroxylation is 2. The van der Waals surface area contributed by atoms with Crippen molar-refractivity contribution in [2.45, 2.75) is 20.8 Å². The summed E-state index contributed by atoms with van der Waals surface area (Å²) in [5.41, 5.74) is 5.49. The van der Waals surface area contributed by atoms with Gasteiger partial charge < -0.3 is 4.74 Å². The number of benzene rings is 2. The minimum atomic E-state index is -0.301. The van der Waals surface area contributed by atoms with E-state index in [1.807, 2.05) is 68.0 Å². The van der Waals surface area contributed by atoms with Gasteiger partial charge in [-0.2, -0.15) is 5.10 Å². The number of carbonyl (C=O) groups excluding carboxylic acids is 1. The van der Waals surface area contributed by atoms with Gasteiger partial charge in [-0.3, -0.25) is 0 Å². The highest BCUT2D eigenvalue weighted by Gasteiger charge is 2.14. The zero-order valence-electron chi connectivity index (χ0n) is 14.1. The smallest absolute Gasteiger partial charge is 0.338 e. The largest absolute Gasteiger partial charge is 0.462 e. The number of esters is 1. The lowest BCUT2D eigenvalue weighted by molar-refractivity contribution is 0.0527. The Kier molecular flexibility index (Phi) is 4.47. The lowest BCUT2D eigenvalue weighted by atomic mass is 9.98. The second kappa shape index (κ2) is 6.71. The highest BCUT2D eigenvalue weighted by Crippen LogP contribution is 2.28. The first-order valence-corrected chi connectivity index (χ1v) is 8.00. The lowest BCUT2D eigenvalue weighted by Gasteiger charge is -2.12. The summed E-state index contributed by atoms with van der Waals surface area (Å²) < 4.78 is 7.04. The van der Waals surface area contributed by atoms with Crippen molar-refractivity contribution in [3.8, 4) is 16.8 Å². The van der Waals surface area contributed by atoms with Gasteiger partial charge in [0, 0.05) is 6.20 Å². The van der Waals surface area contributed by atoms with Crippen LogP contribution in [0.15, 0.2) is 54.7 Å². The Morgan fingerprint density at radius 3 is 2.62 bits per heavy atom. The van der Waals surface area contributed by atoms with Crippen LogP contribution in [0.4, 0.5) is 0 Å². The molecule has 0 saturated heterocycles. The average molecular weight is 320 g/mol. The lowest BCUT2D eigenvalue weighted by Crippen LogP contribution is -2.06. The first-order valence-electron chi connectivity index (χ1n) is 8.00. The standard InChI is InChI=1S/C20H20N2O2/c1-4-24-20(23)18-8-6-5-7-17(18)16-10-9-14(2)19(13-16)22-12-11-15(3)21-22/h5-13H,4H2,1-3H3. The Bertz CT molecular complexity index is 881. The van der Waals surface area contributed by atoms with E-state index in [4.69, 9.17) is 4.74 Å². The molecule has 1 heterocycles. The molecule has 2 aromatic carbocycles. The third kappa shape index (κ3) is 3.08. The van der Waals surface area contributed by atoms with E-state index < -0.39 is 0 Å². The second-order valence-electron chi connectivity index (χ2n) is 5.67. The van der Waals surface area contributed by atoms with Crippen LogP contribution in [0.2, 0.25) is 0 Å². The molecule has 4 heteroatoms. The molecule has 0 aliphatic heterocycles. The normalized spacial score (nSPS) is 10.6. The van der Waals surface area contributed by atoms with Crippen LogP contribution in [0.3, 0.4) is 0 Å². The maximum atomic E-state index is 12.2. The number of ether oxygens (including phenoxy) is 1. The van der Waals surface area contributed by atoms with Gasteiger partial charge in [-0.25, -0.2) is 9.48 Å². The van der Waals surface area contributed by atoms with Crippen molar-refractivity contribution in [2.24, 2.45) is 0 Å². The molecule has 0 saturated carbocycles. The summed E-state index contributed by atoms with van der Waals surface area (Å²) in [4.78, 5) is 12.2. The highest BCUT2D eigenvalue weighted by molar-refractivity contribution is 5.97. The Morgan fingerprint density at radius 2 is 1.92 bits per heavy atom. The van der Waals surface area contributed by atoms with E-state index in [0.717, 1.165) is 28.1 Å². The van der Waals surface area contributed by atoms with Crippen LogP contribution >= 0.6 is 0 Å². The number of aromatic nitrogens is 2. The zero-order chi connectivity index (χ0) is 17.1. The number of nitrogens with zero attached hydrogens (tertiary/aromatic N) is 2. The van der Waals surface area contributed by atoms with Gasteiger partial charge in [-0.05, 0) is 55.7 Å². The van der Waals surface area contributed by atoms with Crippen molar-refractivity contribution in [3.63, 3.8) is 0 Å². The van der Waals surface area contributed by atoms with E-state index >= 15 is 0 Å². The fraction of sp³-hybridized carbons (Fsp3) is 0.200. The first kappa shape index (κ1) is 16.0. The Balaban J connectivity index is 2.10. The summed E-state index contributed by atoms with van der Waals surface area (Å²) in [6, 6.07) is 15.6. The zero-order valence-corrected chi connectivity index (χ0v) is 14.1. The van der Waals surface area contributed by atoms with Crippen LogP contribution in [-0.4, -0.2) is 22.4 Å². The molecule has 0 fully saturated rings. The second-order valence-corrected chi connectivity index (χ2v) is 5.67. The number of hydrogen-bond donors (Lipinski definition) is 0. The quantitative estimate of drug-likeness (QED) is 0.672. The summed E-state index contributed by atoms with van der Waals surface area (Å²) >= 11 is 0. The predicted molar refractivity (Wildman–Crippen MR) is 94.4 cm³/mol. The molecule has 1 aromatic heterocycles. The Morgan fingerprint density at radius 1 is 1.12 bits per heavy atom. The predicted octanol–water partition coefficient (Wildman–Crippen LogP) is 4.33. The minimum Gasteiger partial charge on any atom is -0.462 e. The van der Waals surface area contributed by atoms with Crippen LogP contribution in [0, 0.1) is 13.8 Å². The molecule has 0 bridgehead atoms. The van der Waals surface area contributed by atoms with Crippen LogP contribution in [0.1, 0.15) is 28.5 Å². The molecular weight excluding hydrogens is 300 g/mol. The fourth-order valence-electron chi connectivity index (χ4n) is 2.69. The summed E-state index contributed by atoms with van der Waals surface area (Å²) in [5.74, 6) is -0.301. The summed E-state index contributed by atoms with van der Waals surface area (Å²) in [6.07, 6.45) is 1.94. The SMILES string of the molecule is CCOC(=O)c1ccccc1-c1ccc(C)c(-n2ccc(C)n2)c1. The molecule has 0 atom stereocenters. The van der Waals surface area contributed by atoms with E-state index in [-0.39, 0.29) is 5.97 Å². The van der Waals surface area contributed by atoms with Gasteiger partial charge in [0.1, 0.15) is 0 Å². The summed E-state index contributed by atoms with van der Waals surface area (Å²) in [6.45, 7) is 6.18. The van der Waals surface area contributed by atoms with Crippen molar-refractivity contribution < 1.29 is 9.53 Å². The van der Waals surface area contributed by atoms with Crippen molar-refractivity contribution in [1.82, 2.24) is 9.78 Å². The molecule has 0 aliphatic carbocycles. The van der Waals surface area contributed by atoms with E-state index in [9.17, 15) is 4.79 Å². The van der Waals surface area contributed by atoms with Crippen LogP contribution in [0.5, 0.6) is 0 Å². The maximum absolute atomic E-state index is 12.2. The van der Waals surface area contributed by atoms with Crippen molar-refractivity contribution in [2.75, 3.05) is 6.61 Å².